The van der Waals surface area contributed by atoms with Crippen LogP contribution in [0.15, 0.2) is 54.6 Å². The van der Waals surface area contributed by atoms with E-state index in [0.717, 1.165) is 17.0 Å². The molecule has 2 aliphatic heterocycles. The Morgan fingerprint density at radius 2 is 1.68 bits per heavy atom. The van der Waals surface area contributed by atoms with Gasteiger partial charge in [0.25, 0.3) is 5.91 Å². The molecule has 1 fully saturated rings. The van der Waals surface area contributed by atoms with E-state index >= 15 is 0 Å². The van der Waals surface area contributed by atoms with E-state index in [1.165, 1.54) is 0 Å². The summed E-state index contributed by atoms with van der Waals surface area (Å²) in [6, 6.07) is 10.2. The van der Waals surface area contributed by atoms with Crippen molar-refractivity contribution in [3.8, 4) is 0 Å². The third-order valence-corrected chi connectivity index (χ3v) is 10.2. The van der Waals surface area contributed by atoms with Crippen LogP contribution >= 0.6 is 0 Å². The molecule has 254 valence electrons. The van der Waals surface area contributed by atoms with Crippen LogP contribution in [0.5, 0.6) is 0 Å². The molecule has 2 aliphatic rings. The molecule has 1 saturated heterocycles. The van der Waals surface area contributed by atoms with Gasteiger partial charge in [0.05, 0.1) is 24.3 Å². The van der Waals surface area contributed by atoms with Crippen LogP contribution in [0.4, 0.5) is 0 Å². The van der Waals surface area contributed by atoms with E-state index in [-0.39, 0.29) is 45.5 Å². The van der Waals surface area contributed by atoms with E-state index in [9.17, 15) is 27.6 Å². The Morgan fingerprint density at radius 1 is 1.00 bits per heavy atom. The van der Waals surface area contributed by atoms with Crippen molar-refractivity contribution in [1.82, 2.24) is 20.3 Å². The van der Waals surface area contributed by atoms with Crippen LogP contribution in [0.1, 0.15) is 83.5 Å². The number of fused-ring (bicyclic) bond motifs is 2. The van der Waals surface area contributed by atoms with Crippen molar-refractivity contribution in [1.29, 1.82) is 0 Å². The highest BCUT2D eigenvalue weighted by atomic mass is 32.2. The topological polar surface area (TPSA) is 151 Å². The Hall–Kier alpha value is -3.55. The minimum absolute atomic E-state index is 0.0319. The fraction of sp³-hybridized carbons (Fsp3) is 0.529. The highest BCUT2D eigenvalue weighted by Crippen LogP contribution is 2.30. The van der Waals surface area contributed by atoms with Gasteiger partial charge in [-0.3, -0.25) is 23.9 Å². The normalized spacial score (nSPS) is 22.0. The number of hydrogen-bond acceptors (Lipinski definition) is 7. The molecule has 0 bridgehead atoms. The number of carbonyl (C=O) groups is 4. The first-order valence-corrected chi connectivity index (χ1v) is 18.8. The van der Waals surface area contributed by atoms with Gasteiger partial charge in [-0.2, -0.15) is 0 Å². The number of nitrogens with one attached hydrogen (secondary N) is 3. The number of hydrogen-bond donors (Lipinski definition) is 3. The van der Waals surface area contributed by atoms with Gasteiger partial charge in [0, 0.05) is 11.6 Å². The summed E-state index contributed by atoms with van der Waals surface area (Å²) in [6.45, 7) is 9.51. The zero-order valence-electron chi connectivity index (χ0n) is 28.0. The first-order chi connectivity index (χ1) is 21.9. The maximum absolute atomic E-state index is 14.2. The smallest absolute Gasteiger partial charge is 0.251 e. The van der Waals surface area contributed by atoms with Crippen LogP contribution < -0.4 is 15.4 Å². The molecule has 3 N–H and O–H groups in total. The second kappa shape index (κ2) is 14.7. The van der Waals surface area contributed by atoms with Gasteiger partial charge in [-0.25, -0.2) is 8.42 Å². The molecule has 2 radical (unpaired) electrons. The molecule has 47 heavy (non-hydrogen) atoms. The van der Waals surface area contributed by atoms with Crippen LogP contribution in [0.3, 0.4) is 0 Å². The number of amides is 4. The Balaban J connectivity index is 1.57. The van der Waals surface area contributed by atoms with Crippen molar-refractivity contribution in [2.75, 3.05) is 6.26 Å². The zero-order chi connectivity index (χ0) is 34.6. The average molecular weight is 683 g/mol. The molecule has 2 heterocycles. The van der Waals surface area contributed by atoms with Gasteiger partial charge in [0.2, 0.25) is 37.5 Å². The number of nitrogens with zero attached hydrogens (tertiary/aromatic N) is 1. The average Bonchev–Trinajstić information content (AvgIpc) is 2.98. The standard InChI is InChI=1S/C34H46N4O7SSi/c1-33(2,3)47-45-34(4,5)28(21-29(39)37-46(6,43)44)36-31(41)27-17-11-15-25-14-9-10-16-26(32(42)38(25)27)35-30(40)24-19-18-22-12-7-8-13-23(22)20-24/h7-10,12-13,18-20,25-28H,11,14-17,21H2,1-6H3,(H,35,40)(H,36,41)(H,37,39)/b10-9-. The predicted molar refractivity (Wildman–Crippen MR) is 182 cm³/mol. The number of sulfonamides is 1. The summed E-state index contributed by atoms with van der Waals surface area (Å²) in [5.41, 5.74) is -0.621. The van der Waals surface area contributed by atoms with E-state index in [0.29, 0.717) is 31.2 Å². The third-order valence-electron chi connectivity index (χ3n) is 8.33. The molecule has 11 nitrogen and oxygen atoms in total. The van der Waals surface area contributed by atoms with Crippen LogP contribution in [0.25, 0.3) is 10.8 Å². The van der Waals surface area contributed by atoms with Crippen molar-refractivity contribution >= 4 is 54.2 Å². The number of carbonyl (C=O) groups excluding carboxylic acids is 4. The van der Waals surface area contributed by atoms with Crippen LogP contribution in [-0.2, 0) is 28.8 Å². The van der Waals surface area contributed by atoms with E-state index in [1.54, 1.807) is 30.9 Å². The molecule has 0 saturated carbocycles. The van der Waals surface area contributed by atoms with Gasteiger partial charge >= 0.3 is 0 Å². The molecule has 13 heteroatoms. The summed E-state index contributed by atoms with van der Waals surface area (Å²) in [6.07, 6.45) is 7.08. The molecule has 0 spiro atoms. The van der Waals surface area contributed by atoms with Gasteiger partial charge in [-0.05, 0) is 73.9 Å². The van der Waals surface area contributed by atoms with Gasteiger partial charge in [-0.1, -0.05) is 63.3 Å². The summed E-state index contributed by atoms with van der Waals surface area (Å²) in [5, 5.41) is 7.59. The fourth-order valence-electron chi connectivity index (χ4n) is 5.89. The van der Waals surface area contributed by atoms with Gasteiger partial charge in [0.1, 0.15) is 12.1 Å². The number of benzene rings is 2. The van der Waals surface area contributed by atoms with E-state index < -0.39 is 45.6 Å². The molecular formula is C34H46N4O7SSi. The minimum atomic E-state index is -3.82. The quantitative estimate of drug-likeness (QED) is 0.256. The summed E-state index contributed by atoms with van der Waals surface area (Å²) in [7, 11) is -3.79. The van der Waals surface area contributed by atoms with E-state index in [4.69, 9.17) is 4.43 Å². The maximum atomic E-state index is 14.2. The highest BCUT2D eigenvalue weighted by molar-refractivity contribution is 7.89. The molecule has 4 unspecified atom stereocenters. The molecule has 2 aromatic rings. The lowest BCUT2D eigenvalue weighted by molar-refractivity contribution is -0.148. The molecule has 4 amide bonds. The summed E-state index contributed by atoms with van der Waals surface area (Å²) >= 11 is 0. The third kappa shape index (κ3) is 9.97. The van der Waals surface area contributed by atoms with Crippen LogP contribution in [0, 0.1) is 0 Å². The van der Waals surface area contributed by atoms with Crippen LogP contribution in [0.2, 0.25) is 5.04 Å². The van der Waals surface area contributed by atoms with E-state index in [2.05, 4.69) is 10.6 Å². The summed E-state index contributed by atoms with van der Waals surface area (Å²) in [5.74, 6) is -1.96. The number of piperidine rings is 1. The lowest BCUT2D eigenvalue weighted by atomic mass is 9.89. The van der Waals surface area contributed by atoms with E-state index in [1.807, 2.05) is 68.0 Å². The first kappa shape index (κ1) is 36.3. The Kier molecular flexibility index (Phi) is 11.3. The van der Waals surface area contributed by atoms with Crippen molar-refractivity contribution < 1.29 is 32.0 Å². The molecular weight excluding hydrogens is 637 g/mol. The Morgan fingerprint density at radius 3 is 2.36 bits per heavy atom. The first-order valence-electron chi connectivity index (χ1n) is 16.0. The van der Waals surface area contributed by atoms with Gasteiger partial charge < -0.3 is 20.0 Å². The maximum Gasteiger partial charge on any atom is 0.251 e. The zero-order valence-corrected chi connectivity index (χ0v) is 29.8. The van der Waals surface area contributed by atoms with Crippen molar-refractivity contribution in [2.45, 2.75) is 108 Å². The summed E-state index contributed by atoms with van der Waals surface area (Å²) < 4.78 is 31.8. The monoisotopic (exact) mass is 682 g/mol. The fourth-order valence-corrected chi connectivity index (χ4v) is 7.10. The lowest BCUT2D eigenvalue weighted by Gasteiger charge is -2.44. The van der Waals surface area contributed by atoms with Gasteiger partial charge in [-0.15, -0.1) is 0 Å². The second-order valence-corrected chi connectivity index (χ2v) is 17.7. The molecule has 4 atom stereocenters. The van der Waals surface area contributed by atoms with Gasteiger partial charge in [0.15, 0.2) is 0 Å². The molecule has 4 rings (SSSR count). The lowest BCUT2D eigenvalue weighted by Crippen LogP contribution is -2.63. The highest BCUT2D eigenvalue weighted by Gasteiger charge is 2.43. The van der Waals surface area contributed by atoms with Crippen LogP contribution in [-0.4, -0.2) is 82.7 Å². The summed E-state index contributed by atoms with van der Waals surface area (Å²) in [4.78, 5) is 56.0. The van der Waals surface area contributed by atoms with Crippen molar-refractivity contribution in [3.05, 3.63) is 60.2 Å². The second-order valence-electron chi connectivity index (χ2n) is 14.0. The predicted octanol–water partition coefficient (Wildman–Crippen LogP) is 3.62. The molecule has 0 aliphatic carbocycles. The minimum Gasteiger partial charge on any atom is -0.410 e. The molecule has 0 aromatic heterocycles. The Labute approximate surface area is 280 Å². The Bertz CT molecular complexity index is 1640. The van der Waals surface area contributed by atoms with Crippen molar-refractivity contribution in [3.63, 3.8) is 0 Å². The van der Waals surface area contributed by atoms with Crippen molar-refractivity contribution in [2.24, 2.45) is 0 Å². The SMILES string of the molecule is CC(C)(C)[Si]OC(C)(C)C(CC(=O)NS(C)(=O)=O)NC(=O)C1CCCC2C/C=C\CC(NC(=O)c3ccc4ccccc4c3)C(=O)N21. The number of rotatable bonds is 10. The molecule has 2 aromatic carbocycles. The largest absolute Gasteiger partial charge is 0.410 e.